The first-order chi connectivity index (χ1) is 11.8. The Bertz CT molecular complexity index is 859. The van der Waals surface area contributed by atoms with Gasteiger partial charge in [0.2, 0.25) is 11.8 Å². The lowest BCUT2D eigenvalue weighted by Crippen LogP contribution is -1.99. The summed E-state index contributed by atoms with van der Waals surface area (Å²) >= 11 is 0. The molecular weight excluding hydrogens is 300 g/mol. The highest BCUT2D eigenvalue weighted by Crippen LogP contribution is 2.32. The molecule has 2 aliphatic heterocycles. The second-order valence-corrected chi connectivity index (χ2v) is 5.44. The molecule has 4 heteroatoms. The summed E-state index contributed by atoms with van der Waals surface area (Å²) in [5.74, 6) is 1.28. The maximum absolute atomic E-state index is 5.37. The molecule has 0 aromatic heterocycles. The third-order valence-corrected chi connectivity index (χ3v) is 4.10. The average Bonchev–Trinajstić information content (AvgIpc) is 3.18. The van der Waals surface area contributed by atoms with Crippen molar-refractivity contribution in [2.45, 2.75) is 0 Å². The van der Waals surface area contributed by atoms with Gasteiger partial charge in [-0.15, -0.1) is 0 Å². The zero-order valence-corrected chi connectivity index (χ0v) is 13.5. The smallest absolute Gasteiger partial charge is 0.221 e. The Morgan fingerprint density at radius 3 is 1.38 bits per heavy atom. The van der Waals surface area contributed by atoms with Crippen LogP contribution in [0.1, 0.15) is 22.3 Å². The van der Waals surface area contributed by atoms with Gasteiger partial charge in [0, 0.05) is 22.3 Å². The highest BCUT2D eigenvalue weighted by Gasteiger charge is 2.22. The number of fused-ring (bicyclic) bond motifs is 2. The van der Waals surface area contributed by atoms with Gasteiger partial charge in [-0.2, -0.15) is 0 Å². The van der Waals surface area contributed by atoms with Gasteiger partial charge in [-0.3, -0.25) is 0 Å². The van der Waals surface area contributed by atoms with Crippen LogP contribution in [-0.4, -0.2) is 26.0 Å². The number of methoxy groups -OCH3 is 2. The lowest BCUT2D eigenvalue weighted by atomic mass is 10.1. The molecule has 0 unspecified atom stereocenters. The molecule has 2 heterocycles. The molecule has 0 radical (unpaired) electrons. The van der Waals surface area contributed by atoms with Crippen LogP contribution in [0.3, 0.4) is 0 Å². The molecule has 2 aliphatic rings. The number of benzene rings is 2. The maximum Gasteiger partial charge on any atom is 0.221 e. The molecule has 0 saturated carbocycles. The largest absolute Gasteiger partial charge is 0.481 e. The standard InChI is InChI=1S/C20H16N2O2/c1-23-19-15-9-5-3-7-13(15)17(21-19)11-12-18-14-8-4-6-10-16(14)20(22-18)24-2/h3-12H,1-2H3/b17-11-,18-12-. The zero-order valence-electron chi connectivity index (χ0n) is 13.5. The molecule has 0 bridgehead atoms. The van der Waals surface area contributed by atoms with Crippen LogP contribution in [0, 0.1) is 0 Å². The van der Waals surface area contributed by atoms with Crippen molar-refractivity contribution in [1.82, 2.24) is 0 Å². The number of nitrogens with zero attached hydrogens (tertiary/aromatic N) is 2. The summed E-state index contributed by atoms with van der Waals surface area (Å²) in [5, 5.41) is 0. The van der Waals surface area contributed by atoms with E-state index in [0.29, 0.717) is 11.8 Å². The van der Waals surface area contributed by atoms with Gasteiger partial charge >= 0.3 is 0 Å². The molecule has 0 fully saturated rings. The van der Waals surface area contributed by atoms with Crippen molar-refractivity contribution in [3.63, 3.8) is 0 Å². The molecular formula is C20H16N2O2. The Hall–Kier alpha value is -3.14. The summed E-state index contributed by atoms with van der Waals surface area (Å²) in [4.78, 5) is 9.12. The summed E-state index contributed by atoms with van der Waals surface area (Å²) < 4.78 is 10.7. The van der Waals surface area contributed by atoms with E-state index in [1.54, 1.807) is 14.2 Å². The van der Waals surface area contributed by atoms with E-state index in [1.165, 1.54) is 0 Å². The van der Waals surface area contributed by atoms with Crippen molar-refractivity contribution in [2.24, 2.45) is 9.98 Å². The first kappa shape index (κ1) is 14.5. The van der Waals surface area contributed by atoms with E-state index < -0.39 is 0 Å². The predicted octanol–water partition coefficient (Wildman–Crippen LogP) is 3.88. The van der Waals surface area contributed by atoms with Gasteiger partial charge in [0.25, 0.3) is 0 Å². The van der Waals surface area contributed by atoms with Crippen LogP contribution in [0.4, 0.5) is 0 Å². The van der Waals surface area contributed by atoms with E-state index in [2.05, 4.69) is 9.98 Å². The van der Waals surface area contributed by atoms with Crippen molar-refractivity contribution in [3.8, 4) is 0 Å². The lowest BCUT2D eigenvalue weighted by molar-refractivity contribution is 0.406. The number of allylic oxidation sites excluding steroid dienone is 2. The summed E-state index contributed by atoms with van der Waals surface area (Å²) in [6.07, 6.45) is 3.94. The zero-order chi connectivity index (χ0) is 16.5. The summed E-state index contributed by atoms with van der Waals surface area (Å²) in [5.41, 5.74) is 5.89. The van der Waals surface area contributed by atoms with E-state index in [0.717, 1.165) is 33.6 Å². The molecule has 0 spiro atoms. The Kier molecular flexibility index (Phi) is 3.50. The molecule has 0 saturated heterocycles. The molecule has 118 valence electrons. The van der Waals surface area contributed by atoms with Crippen molar-refractivity contribution >= 4 is 23.2 Å². The van der Waals surface area contributed by atoms with Gasteiger partial charge in [-0.05, 0) is 24.3 Å². The first-order valence-electron chi connectivity index (χ1n) is 7.68. The van der Waals surface area contributed by atoms with E-state index in [-0.39, 0.29) is 0 Å². The van der Waals surface area contributed by atoms with Crippen molar-refractivity contribution in [3.05, 3.63) is 82.9 Å². The Labute approximate surface area is 140 Å². The van der Waals surface area contributed by atoms with E-state index in [4.69, 9.17) is 9.47 Å². The van der Waals surface area contributed by atoms with Crippen LogP contribution in [0.2, 0.25) is 0 Å². The van der Waals surface area contributed by atoms with Crippen LogP contribution < -0.4 is 0 Å². The number of ether oxygens (including phenoxy) is 2. The van der Waals surface area contributed by atoms with Gasteiger partial charge in [0.05, 0.1) is 25.6 Å². The monoisotopic (exact) mass is 316 g/mol. The SMILES string of the molecule is COC1=N/C(=C\C=C2/N=C(OC)c3ccccc32)c2ccccc21. The number of hydrogen-bond donors (Lipinski definition) is 0. The lowest BCUT2D eigenvalue weighted by Gasteiger charge is -2.00. The molecule has 24 heavy (non-hydrogen) atoms. The average molecular weight is 316 g/mol. The minimum atomic E-state index is 0.642. The van der Waals surface area contributed by atoms with Crippen molar-refractivity contribution in [2.75, 3.05) is 14.2 Å². The Balaban J connectivity index is 1.77. The summed E-state index contributed by atoms with van der Waals surface area (Å²) in [7, 11) is 3.28. The number of rotatable bonds is 1. The second kappa shape index (κ2) is 5.81. The van der Waals surface area contributed by atoms with Crippen LogP contribution in [-0.2, 0) is 9.47 Å². The fourth-order valence-electron chi connectivity index (χ4n) is 2.97. The fourth-order valence-corrected chi connectivity index (χ4v) is 2.97. The molecule has 0 atom stereocenters. The van der Waals surface area contributed by atoms with Gasteiger partial charge in [0.1, 0.15) is 0 Å². The number of hydrogen-bond acceptors (Lipinski definition) is 4. The molecule has 0 aliphatic carbocycles. The van der Waals surface area contributed by atoms with E-state index in [1.807, 2.05) is 60.7 Å². The van der Waals surface area contributed by atoms with Crippen LogP contribution in [0.25, 0.3) is 11.4 Å². The normalized spacial score (nSPS) is 18.2. The topological polar surface area (TPSA) is 43.2 Å². The quantitative estimate of drug-likeness (QED) is 0.801. The summed E-state index contributed by atoms with van der Waals surface area (Å²) in [6, 6.07) is 16.1. The van der Waals surface area contributed by atoms with Gasteiger partial charge in [-0.1, -0.05) is 36.4 Å². The van der Waals surface area contributed by atoms with Crippen molar-refractivity contribution < 1.29 is 9.47 Å². The van der Waals surface area contributed by atoms with Crippen LogP contribution >= 0.6 is 0 Å². The molecule has 0 amide bonds. The molecule has 2 aromatic carbocycles. The number of aliphatic imine (C=N–C) groups is 2. The second-order valence-electron chi connectivity index (χ2n) is 5.44. The molecule has 4 rings (SSSR count). The summed E-state index contributed by atoms with van der Waals surface area (Å²) in [6.45, 7) is 0. The van der Waals surface area contributed by atoms with E-state index in [9.17, 15) is 0 Å². The predicted molar refractivity (Wildman–Crippen MR) is 95.9 cm³/mol. The Morgan fingerprint density at radius 2 is 1.00 bits per heavy atom. The highest BCUT2D eigenvalue weighted by molar-refractivity contribution is 6.08. The van der Waals surface area contributed by atoms with Gasteiger partial charge < -0.3 is 9.47 Å². The van der Waals surface area contributed by atoms with Crippen LogP contribution in [0.5, 0.6) is 0 Å². The maximum atomic E-state index is 5.37. The molecule has 0 N–H and O–H groups in total. The van der Waals surface area contributed by atoms with E-state index >= 15 is 0 Å². The van der Waals surface area contributed by atoms with Gasteiger partial charge in [0.15, 0.2) is 0 Å². The minimum Gasteiger partial charge on any atom is -0.481 e. The Morgan fingerprint density at radius 1 is 0.625 bits per heavy atom. The third-order valence-electron chi connectivity index (χ3n) is 4.10. The molecule has 2 aromatic rings. The minimum absolute atomic E-state index is 0.642. The first-order valence-corrected chi connectivity index (χ1v) is 7.68. The van der Waals surface area contributed by atoms with Crippen LogP contribution in [0.15, 0.2) is 70.7 Å². The molecule has 4 nitrogen and oxygen atoms in total. The third kappa shape index (κ3) is 2.24. The van der Waals surface area contributed by atoms with Crippen molar-refractivity contribution in [1.29, 1.82) is 0 Å². The van der Waals surface area contributed by atoms with Gasteiger partial charge in [-0.25, -0.2) is 9.98 Å². The highest BCUT2D eigenvalue weighted by atomic mass is 16.5. The fraction of sp³-hybridized carbons (Fsp3) is 0.100.